The number of alkyl halides is 3. The molecule has 0 aliphatic carbocycles. The summed E-state index contributed by atoms with van der Waals surface area (Å²) >= 11 is 1.47. The van der Waals surface area contributed by atoms with E-state index in [2.05, 4.69) is 0 Å². The van der Waals surface area contributed by atoms with Gasteiger partial charge in [-0.2, -0.15) is 13.2 Å². The van der Waals surface area contributed by atoms with Gasteiger partial charge in [0.1, 0.15) is 6.10 Å². The number of ether oxygens (including phenoxy) is 1. The molecule has 104 valence electrons. The highest BCUT2D eigenvalue weighted by Gasteiger charge is 2.29. The lowest BCUT2D eigenvalue weighted by Gasteiger charge is -2.23. The molecule has 2 unspecified atom stereocenters. The summed E-state index contributed by atoms with van der Waals surface area (Å²) in [4.78, 5) is 0.923. The minimum absolute atomic E-state index is 0.282. The molecule has 0 bridgehead atoms. The van der Waals surface area contributed by atoms with Crippen LogP contribution in [0.15, 0.2) is 11.4 Å². The summed E-state index contributed by atoms with van der Waals surface area (Å²) in [6.45, 7) is 3.46. The van der Waals surface area contributed by atoms with Crippen molar-refractivity contribution in [2.75, 3.05) is 6.61 Å². The molecule has 0 spiro atoms. The van der Waals surface area contributed by atoms with E-state index in [1.54, 1.807) is 0 Å². The van der Waals surface area contributed by atoms with E-state index < -0.39 is 18.7 Å². The second kappa shape index (κ2) is 6.54. The second-order valence-electron chi connectivity index (χ2n) is 4.20. The average Bonchev–Trinajstić information content (AvgIpc) is 2.68. The maximum atomic E-state index is 12.1. The second-order valence-corrected chi connectivity index (χ2v) is 5.14. The van der Waals surface area contributed by atoms with Crippen molar-refractivity contribution < 1.29 is 17.9 Å². The fraction of sp³-hybridized carbons (Fsp3) is 0.667. The third kappa shape index (κ3) is 4.59. The maximum absolute atomic E-state index is 12.1. The summed E-state index contributed by atoms with van der Waals surface area (Å²) in [5, 5.41) is 1.90. The SMILES string of the molecule is CCC(N)C(OCCC(F)(F)F)c1sccc1C. The molecule has 2 nitrogen and oxygen atoms in total. The number of hydrogen-bond acceptors (Lipinski definition) is 3. The molecular weight excluding hydrogens is 263 g/mol. The van der Waals surface area contributed by atoms with Crippen molar-refractivity contribution in [3.8, 4) is 0 Å². The van der Waals surface area contributed by atoms with Gasteiger partial charge in [0.25, 0.3) is 0 Å². The van der Waals surface area contributed by atoms with Crippen LogP contribution in [0, 0.1) is 6.92 Å². The Hall–Kier alpha value is -0.590. The molecule has 2 atom stereocenters. The summed E-state index contributed by atoms with van der Waals surface area (Å²) < 4.78 is 41.7. The molecule has 0 radical (unpaired) electrons. The molecule has 6 heteroatoms. The minimum atomic E-state index is -4.19. The lowest BCUT2D eigenvalue weighted by atomic mass is 10.1. The predicted molar refractivity (Wildman–Crippen MR) is 66.7 cm³/mol. The van der Waals surface area contributed by atoms with Crippen LogP contribution < -0.4 is 5.73 Å². The van der Waals surface area contributed by atoms with Crippen molar-refractivity contribution in [3.63, 3.8) is 0 Å². The summed E-state index contributed by atoms with van der Waals surface area (Å²) in [7, 11) is 0. The molecular formula is C12H18F3NOS. The fourth-order valence-corrected chi connectivity index (χ4v) is 2.64. The average molecular weight is 281 g/mol. The molecule has 0 aliphatic rings. The number of rotatable bonds is 6. The molecule has 2 N–H and O–H groups in total. The monoisotopic (exact) mass is 281 g/mol. The van der Waals surface area contributed by atoms with Gasteiger partial charge in [-0.3, -0.25) is 0 Å². The van der Waals surface area contributed by atoms with E-state index in [1.165, 1.54) is 11.3 Å². The molecule has 1 aromatic heterocycles. The lowest BCUT2D eigenvalue weighted by molar-refractivity contribution is -0.150. The van der Waals surface area contributed by atoms with Crippen LogP contribution in [0.3, 0.4) is 0 Å². The molecule has 0 fully saturated rings. The zero-order chi connectivity index (χ0) is 13.8. The normalized spacial score (nSPS) is 15.7. The predicted octanol–water partition coefficient (Wildman–Crippen LogP) is 3.80. The van der Waals surface area contributed by atoms with Gasteiger partial charge in [0.05, 0.1) is 13.0 Å². The van der Waals surface area contributed by atoms with Crippen molar-refractivity contribution >= 4 is 11.3 Å². The van der Waals surface area contributed by atoms with Gasteiger partial charge in [0, 0.05) is 10.9 Å². The van der Waals surface area contributed by atoms with Crippen LogP contribution >= 0.6 is 11.3 Å². The van der Waals surface area contributed by atoms with E-state index in [4.69, 9.17) is 10.5 Å². The third-order valence-electron chi connectivity index (χ3n) is 2.70. The summed E-state index contributed by atoms with van der Waals surface area (Å²) in [5.41, 5.74) is 6.94. The van der Waals surface area contributed by atoms with Crippen molar-refractivity contribution in [1.29, 1.82) is 0 Å². The first kappa shape index (κ1) is 15.5. The largest absolute Gasteiger partial charge is 0.391 e. The van der Waals surface area contributed by atoms with E-state index in [1.807, 2.05) is 25.3 Å². The molecule has 1 rings (SSSR count). The Balaban J connectivity index is 2.66. The summed E-state index contributed by atoms with van der Waals surface area (Å²) in [5.74, 6) is 0. The minimum Gasteiger partial charge on any atom is -0.371 e. The summed E-state index contributed by atoms with van der Waals surface area (Å²) in [6, 6.07) is 1.64. The quantitative estimate of drug-likeness (QED) is 0.860. The van der Waals surface area contributed by atoms with Crippen LogP contribution in [0.5, 0.6) is 0 Å². The molecule has 0 aromatic carbocycles. The van der Waals surface area contributed by atoms with Gasteiger partial charge in [-0.15, -0.1) is 11.3 Å². The zero-order valence-corrected chi connectivity index (χ0v) is 11.3. The van der Waals surface area contributed by atoms with E-state index in [-0.39, 0.29) is 12.6 Å². The number of nitrogens with two attached hydrogens (primary N) is 1. The molecule has 0 saturated carbocycles. The molecule has 1 heterocycles. The Kier molecular flexibility index (Phi) is 5.62. The third-order valence-corrected chi connectivity index (χ3v) is 3.78. The Labute approximate surface area is 109 Å². The van der Waals surface area contributed by atoms with Gasteiger partial charge >= 0.3 is 6.18 Å². The topological polar surface area (TPSA) is 35.2 Å². The maximum Gasteiger partial charge on any atom is 0.391 e. The van der Waals surface area contributed by atoms with Gasteiger partial charge in [-0.05, 0) is 30.4 Å². The van der Waals surface area contributed by atoms with E-state index in [0.717, 1.165) is 10.4 Å². The first-order valence-electron chi connectivity index (χ1n) is 5.83. The molecule has 0 saturated heterocycles. The Morgan fingerprint density at radius 1 is 1.44 bits per heavy atom. The van der Waals surface area contributed by atoms with Crippen molar-refractivity contribution in [2.45, 2.75) is 45.0 Å². The molecule has 1 aromatic rings. The number of halogens is 3. The first-order valence-corrected chi connectivity index (χ1v) is 6.71. The summed E-state index contributed by atoms with van der Waals surface area (Å²) in [6.07, 6.45) is -4.92. The standard InChI is InChI=1S/C12H18F3NOS/c1-3-9(16)10(11-8(2)4-7-18-11)17-6-5-12(13,14)15/h4,7,9-10H,3,5-6,16H2,1-2H3. The van der Waals surface area contributed by atoms with Crippen molar-refractivity contribution in [3.05, 3.63) is 21.9 Å². The van der Waals surface area contributed by atoms with E-state index >= 15 is 0 Å². The van der Waals surface area contributed by atoms with Crippen LogP contribution in [0.25, 0.3) is 0 Å². The Morgan fingerprint density at radius 3 is 2.56 bits per heavy atom. The highest BCUT2D eigenvalue weighted by atomic mass is 32.1. The Morgan fingerprint density at radius 2 is 2.11 bits per heavy atom. The lowest BCUT2D eigenvalue weighted by Crippen LogP contribution is -2.30. The molecule has 0 amide bonds. The molecule has 18 heavy (non-hydrogen) atoms. The fourth-order valence-electron chi connectivity index (χ4n) is 1.59. The van der Waals surface area contributed by atoms with Gasteiger partial charge in [-0.25, -0.2) is 0 Å². The van der Waals surface area contributed by atoms with E-state index in [9.17, 15) is 13.2 Å². The van der Waals surface area contributed by atoms with Crippen LogP contribution in [0.4, 0.5) is 13.2 Å². The van der Waals surface area contributed by atoms with Gasteiger partial charge in [0.2, 0.25) is 0 Å². The zero-order valence-electron chi connectivity index (χ0n) is 10.5. The molecule has 0 aliphatic heterocycles. The highest BCUT2D eigenvalue weighted by molar-refractivity contribution is 7.10. The number of aryl methyl sites for hydroxylation is 1. The van der Waals surface area contributed by atoms with Gasteiger partial charge in [-0.1, -0.05) is 6.92 Å². The highest BCUT2D eigenvalue weighted by Crippen LogP contribution is 2.31. The van der Waals surface area contributed by atoms with Crippen LogP contribution in [-0.2, 0) is 4.74 Å². The van der Waals surface area contributed by atoms with Gasteiger partial charge < -0.3 is 10.5 Å². The van der Waals surface area contributed by atoms with Crippen LogP contribution in [0.2, 0.25) is 0 Å². The number of hydrogen-bond donors (Lipinski definition) is 1. The smallest absolute Gasteiger partial charge is 0.371 e. The van der Waals surface area contributed by atoms with Crippen molar-refractivity contribution in [2.24, 2.45) is 5.73 Å². The van der Waals surface area contributed by atoms with Crippen LogP contribution in [-0.4, -0.2) is 18.8 Å². The van der Waals surface area contributed by atoms with E-state index in [0.29, 0.717) is 6.42 Å². The Bertz CT molecular complexity index is 364. The van der Waals surface area contributed by atoms with Gasteiger partial charge in [0.15, 0.2) is 0 Å². The first-order chi connectivity index (χ1) is 8.35. The van der Waals surface area contributed by atoms with Crippen molar-refractivity contribution in [1.82, 2.24) is 0 Å². The van der Waals surface area contributed by atoms with Crippen LogP contribution in [0.1, 0.15) is 36.3 Å². The number of thiophene rings is 1.